The zero-order valence-electron chi connectivity index (χ0n) is 12.3. The van der Waals surface area contributed by atoms with Crippen molar-refractivity contribution in [2.45, 2.75) is 12.5 Å². The lowest BCUT2D eigenvalue weighted by Gasteiger charge is -2.27. The maximum absolute atomic E-state index is 12.5. The van der Waals surface area contributed by atoms with Crippen molar-refractivity contribution in [1.29, 1.82) is 0 Å². The molecule has 1 N–H and O–H groups in total. The largest absolute Gasteiger partial charge is 0.502 e. The summed E-state index contributed by atoms with van der Waals surface area (Å²) in [6.07, 6.45) is -0.247. The fourth-order valence-electron chi connectivity index (χ4n) is 2.61. The highest BCUT2D eigenvalue weighted by Gasteiger charge is 2.34. The number of carbonyl (C=O) groups excluding carboxylic acids is 1. The van der Waals surface area contributed by atoms with Crippen molar-refractivity contribution in [2.24, 2.45) is 0 Å². The maximum atomic E-state index is 12.5. The van der Waals surface area contributed by atoms with Gasteiger partial charge in [-0.3, -0.25) is 4.79 Å². The van der Waals surface area contributed by atoms with E-state index in [-0.39, 0.29) is 35.0 Å². The molecule has 2 aromatic rings. The summed E-state index contributed by atoms with van der Waals surface area (Å²) in [5, 5.41) is 10.3. The first-order chi connectivity index (χ1) is 10.7. The molecule has 0 saturated heterocycles. The van der Waals surface area contributed by atoms with Gasteiger partial charge in [-0.1, -0.05) is 30.3 Å². The highest BCUT2D eigenvalue weighted by atomic mass is 16.5. The minimum absolute atomic E-state index is 0.112. The summed E-state index contributed by atoms with van der Waals surface area (Å²) in [4.78, 5) is 12.5. The summed E-state index contributed by atoms with van der Waals surface area (Å²) in [6, 6.07) is 10.9. The number of ether oxygens (including phenoxy) is 3. The third kappa shape index (κ3) is 2.24. The first-order valence-electron chi connectivity index (χ1n) is 6.88. The first-order valence-corrected chi connectivity index (χ1v) is 6.88. The Labute approximate surface area is 128 Å². The van der Waals surface area contributed by atoms with Crippen LogP contribution in [0.5, 0.6) is 23.0 Å². The molecule has 1 aliphatic rings. The van der Waals surface area contributed by atoms with E-state index in [1.807, 2.05) is 30.3 Å². The number of benzene rings is 2. The monoisotopic (exact) mass is 300 g/mol. The highest BCUT2D eigenvalue weighted by Crippen LogP contribution is 2.49. The van der Waals surface area contributed by atoms with Crippen LogP contribution in [0.4, 0.5) is 0 Å². The Balaban J connectivity index is 2.10. The smallest absolute Gasteiger partial charge is 0.201 e. The predicted octanol–water partition coefficient (Wildman–Crippen LogP) is 3.12. The van der Waals surface area contributed by atoms with Crippen LogP contribution in [0, 0.1) is 0 Å². The minimum atomic E-state index is -0.441. The molecule has 0 aliphatic carbocycles. The number of ketones is 1. The normalized spacial score (nSPS) is 16.6. The Morgan fingerprint density at radius 3 is 2.45 bits per heavy atom. The van der Waals surface area contributed by atoms with E-state index in [4.69, 9.17) is 14.2 Å². The van der Waals surface area contributed by atoms with Crippen molar-refractivity contribution in [3.05, 3.63) is 47.5 Å². The summed E-state index contributed by atoms with van der Waals surface area (Å²) >= 11 is 0. The van der Waals surface area contributed by atoms with E-state index >= 15 is 0 Å². The number of rotatable bonds is 3. The number of carbonyl (C=O) groups is 1. The summed E-state index contributed by atoms with van der Waals surface area (Å²) in [6.45, 7) is 0. The van der Waals surface area contributed by atoms with Crippen LogP contribution < -0.4 is 14.2 Å². The topological polar surface area (TPSA) is 65.0 Å². The molecule has 1 heterocycles. The van der Waals surface area contributed by atoms with Crippen LogP contribution in [-0.4, -0.2) is 25.1 Å². The molecule has 5 nitrogen and oxygen atoms in total. The predicted molar refractivity (Wildman–Crippen MR) is 80.0 cm³/mol. The lowest BCUT2D eigenvalue weighted by Crippen LogP contribution is -2.21. The quantitative estimate of drug-likeness (QED) is 0.943. The molecule has 0 radical (unpaired) electrons. The van der Waals surface area contributed by atoms with Crippen LogP contribution in [0.25, 0.3) is 0 Å². The van der Waals surface area contributed by atoms with Gasteiger partial charge in [-0.05, 0) is 5.56 Å². The van der Waals surface area contributed by atoms with Gasteiger partial charge in [-0.25, -0.2) is 0 Å². The molecule has 3 rings (SSSR count). The average Bonchev–Trinajstić information content (AvgIpc) is 2.56. The van der Waals surface area contributed by atoms with Crippen LogP contribution in [0.15, 0.2) is 36.4 Å². The van der Waals surface area contributed by atoms with Crippen LogP contribution in [-0.2, 0) is 0 Å². The lowest BCUT2D eigenvalue weighted by atomic mass is 9.95. The van der Waals surface area contributed by atoms with Gasteiger partial charge in [0.25, 0.3) is 0 Å². The van der Waals surface area contributed by atoms with Gasteiger partial charge >= 0.3 is 0 Å². The number of hydrogen-bond donors (Lipinski definition) is 1. The van der Waals surface area contributed by atoms with Crippen LogP contribution >= 0.6 is 0 Å². The number of methoxy groups -OCH3 is 2. The molecule has 0 spiro atoms. The number of hydrogen-bond acceptors (Lipinski definition) is 5. The summed E-state index contributed by atoms with van der Waals surface area (Å²) in [5.41, 5.74) is 1.13. The van der Waals surface area contributed by atoms with Crippen molar-refractivity contribution >= 4 is 5.78 Å². The van der Waals surface area contributed by atoms with E-state index in [2.05, 4.69) is 0 Å². The molecule has 0 saturated carbocycles. The van der Waals surface area contributed by atoms with Crippen LogP contribution in [0.3, 0.4) is 0 Å². The second kappa shape index (κ2) is 5.60. The van der Waals surface area contributed by atoms with Gasteiger partial charge < -0.3 is 19.3 Å². The maximum Gasteiger partial charge on any atom is 0.201 e. The SMILES string of the molecule is COc1cc(OC)c2c(c1O)O[C@H](c1ccccc1)CC2=O. The zero-order chi connectivity index (χ0) is 15.7. The molecule has 0 fully saturated rings. The Kier molecular flexibility index (Phi) is 3.63. The molecule has 0 amide bonds. The molecule has 5 heteroatoms. The molecule has 114 valence electrons. The zero-order valence-corrected chi connectivity index (χ0v) is 12.3. The Bertz CT molecular complexity index is 709. The van der Waals surface area contributed by atoms with E-state index in [0.717, 1.165) is 5.56 Å². The van der Waals surface area contributed by atoms with E-state index in [1.165, 1.54) is 20.3 Å². The van der Waals surface area contributed by atoms with Gasteiger partial charge in [-0.2, -0.15) is 0 Å². The van der Waals surface area contributed by atoms with Crippen LogP contribution in [0.2, 0.25) is 0 Å². The first kappa shape index (κ1) is 14.3. The van der Waals surface area contributed by atoms with Gasteiger partial charge in [0.05, 0.1) is 20.6 Å². The van der Waals surface area contributed by atoms with E-state index < -0.39 is 6.10 Å². The second-order valence-electron chi connectivity index (χ2n) is 4.98. The number of aromatic hydroxyl groups is 1. The standard InChI is InChI=1S/C17H16O5/c1-20-13-9-14(21-2)16(19)17-15(13)11(18)8-12(22-17)10-6-4-3-5-7-10/h3-7,9,12,19H,8H2,1-2H3/t12-/m0/s1. The molecule has 1 atom stereocenters. The van der Waals surface area contributed by atoms with E-state index in [0.29, 0.717) is 5.75 Å². The van der Waals surface area contributed by atoms with Gasteiger partial charge in [0, 0.05) is 6.07 Å². The molecular weight excluding hydrogens is 284 g/mol. The molecule has 2 aromatic carbocycles. The van der Waals surface area contributed by atoms with Crippen molar-refractivity contribution in [2.75, 3.05) is 14.2 Å². The summed E-state index contributed by atoms with van der Waals surface area (Å²) < 4.78 is 16.2. The lowest BCUT2D eigenvalue weighted by molar-refractivity contribution is 0.0835. The minimum Gasteiger partial charge on any atom is -0.502 e. The fourth-order valence-corrected chi connectivity index (χ4v) is 2.61. The van der Waals surface area contributed by atoms with Gasteiger partial charge in [-0.15, -0.1) is 0 Å². The Morgan fingerprint density at radius 2 is 1.82 bits per heavy atom. The summed E-state index contributed by atoms with van der Waals surface area (Å²) in [7, 11) is 2.89. The number of phenols is 1. The van der Waals surface area contributed by atoms with E-state index in [9.17, 15) is 9.90 Å². The molecule has 22 heavy (non-hydrogen) atoms. The molecule has 0 aromatic heterocycles. The fraction of sp³-hybridized carbons (Fsp3) is 0.235. The number of Topliss-reactive ketones (excluding diaryl/α,β-unsaturated/α-hetero) is 1. The Hall–Kier alpha value is -2.69. The number of fused-ring (bicyclic) bond motifs is 1. The van der Waals surface area contributed by atoms with Gasteiger partial charge in [0.15, 0.2) is 17.3 Å². The molecule has 0 unspecified atom stereocenters. The molecule has 0 bridgehead atoms. The Morgan fingerprint density at radius 1 is 1.14 bits per heavy atom. The third-order valence-corrected chi connectivity index (χ3v) is 3.71. The number of phenolic OH excluding ortho intramolecular Hbond substituents is 1. The van der Waals surface area contributed by atoms with Crippen molar-refractivity contribution < 1.29 is 24.1 Å². The summed E-state index contributed by atoms with van der Waals surface area (Å²) in [5.74, 6) is 0.330. The van der Waals surface area contributed by atoms with Crippen molar-refractivity contribution in [3.8, 4) is 23.0 Å². The van der Waals surface area contributed by atoms with E-state index in [1.54, 1.807) is 0 Å². The molecular formula is C17H16O5. The second-order valence-corrected chi connectivity index (χ2v) is 4.98. The van der Waals surface area contributed by atoms with Crippen LogP contribution in [0.1, 0.15) is 28.4 Å². The van der Waals surface area contributed by atoms with Crippen molar-refractivity contribution in [1.82, 2.24) is 0 Å². The van der Waals surface area contributed by atoms with Gasteiger partial charge in [0.2, 0.25) is 5.75 Å². The van der Waals surface area contributed by atoms with Crippen molar-refractivity contribution in [3.63, 3.8) is 0 Å². The highest BCUT2D eigenvalue weighted by molar-refractivity contribution is 6.04. The average molecular weight is 300 g/mol. The molecule has 1 aliphatic heterocycles. The third-order valence-electron chi connectivity index (χ3n) is 3.71. The van der Waals surface area contributed by atoms with Gasteiger partial charge in [0.1, 0.15) is 17.4 Å².